The van der Waals surface area contributed by atoms with Crippen molar-refractivity contribution in [2.45, 2.75) is 13.0 Å². The van der Waals surface area contributed by atoms with E-state index in [1.54, 1.807) is 36.9 Å². The van der Waals surface area contributed by atoms with E-state index in [1.165, 1.54) is 23.0 Å². The fourth-order valence-corrected chi connectivity index (χ4v) is 4.25. The molecule has 12 heteroatoms. The molecule has 2 aromatic heterocycles. The number of carbonyl (C=O) groups is 2. The van der Waals surface area contributed by atoms with Crippen LogP contribution >= 0.6 is 35.0 Å². The standard InChI is InChI=1S/C22H18Cl2N6O3S/c1-12-7-13(23)8-15(21(31)27-6-4-25)19(12)28-22(32)17-9-18(33-14-10-34-11-14)29-30(17)20-16(24)3-2-5-26-20/h2-3,5,7-9,14H,6,10-11H2,1H3,(H,27,31)(H,28,32). The van der Waals surface area contributed by atoms with E-state index in [-0.39, 0.29) is 41.3 Å². The molecule has 0 unspecified atom stereocenters. The third-order valence-corrected chi connectivity index (χ3v) is 6.59. The number of carbonyl (C=O) groups excluding carboxylic acids is 2. The highest BCUT2D eigenvalue weighted by Gasteiger charge is 2.26. The van der Waals surface area contributed by atoms with E-state index in [0.717, 1.165) is 11.5 Å². The molecule has 1 aromatic carbocycles. The van der Waals surface area contributed by atoms with E-state index in [9.17, 15) is 9.59 Å². The fourth-order valence-electron chi connectivity index (χ4n) is 3.21. The van der Waals surface area contributed by atoms with Crippen molar-refractivity contribution in [3.05, 3.63) is 63.4 Å². The van der Waals surface area contributed by atoms with E-state index in [2.05, 4.69) is 20.7 Å². The molecule has 1 aliphatic heterocycles. The van der Waals surface area contributed by atoms with E-state index < -0.39 is 11.8 Å². The maximum atomic E-state index is 13.4. The zero-order chi connectivity index (χ0) is 24.2. The Hall–Kier alpha value is -3.26. The summed E-state index contributed by atoms with van der Waals surface area (Å²) in [5.74, 6) is 1.08. The number of hydrogen-bond acceptors (Lipinski definition) is 7. The molecule has 0 radical (unpaired) electrons. The van der Waals surface area contributed by atoms with Crippen LogP contribution in [0.15, 0.2) is 36.5 Å². The van der Waals surface area contributed by atoms with Gasteiger partial charge in [-0.25, -0.2) is 9.67 Å². The fraction of sp³-hybridized carbons (Fsp3) is 0.227. The topological polar surface area (TPSA) is 122 Å². The Balaban J connectivity index is 1.71. The summed E-state index contributed by atoms with van der Waals surface area (Å²) in [6.45, 7) is 1.52. The smallest absolute Gasteiger partial charge is 0.274 e. The summed E-state index contributed by atoms with van der Waals surface area (Å²) in [5, 5.41) is 19.0. The molecule has 3 heterocycles. The molecule has 0 saturated carbocycles. The quantitative estimate of drug-likeness (QED) is 0.456. The van der Waals surface area contributed by atoms with Crippen molar-refractivity contribution in [3.8, 4) is 17.8 Å². The zero-order valence-electron chi connectivity index (χ0n) is 17.8. The number of amides is 2. The lowest BCUT2D eigenvalue weighted by Gasteiger charge is -2.24. The summed E-state index contributed by atoms with van der Waals surface area (Å²) in [6, 6.07) is 9.69. The highest BCUT2D eigenvalue weighted by molar-refractivity contribution is 8.00. The van der Waals surface area contributed by atoms with Crippen molar-refractivity contribution in [3.63, 3.8) is 0 Å². The molecular formula is C22H18Cl2N6O3S. The predicted octanol–water partition coefficient (Wildman–Crippen LogP) is 3.88. The molecule has 2 N–H and O–H groups in total. The highest BCUT2D eigenvalue weighted by Crippen LogP contribution is 2.29. The Morgan fingerprint density at radius 1 is 1.29 bits per heavy atom. The number of ether oxygens (including phenoxy) is 1. The Bertz CT molecular complexity index is 1300. The number of thioether (sulfide) groups is 1. The van der Waals surface area contributed by atoms with Crippen molar-refractivity contribution >= 4 is 52.5 Å². The van der Waals surface area contributed by atoms with Crippen LogP contribution in [-0.2, 0) is 0 Å². The lowest BCUT2D eigenvalue weighted by atomic mass is 10.1. The van der Waals surface area contributed by atoms with Gasteiger partial charge in [0.15, 0.2) is 5.82 Å². The minimum absolute atomic E-state index is 0.0115. The summed E-state index contributed by atoms with van der Waals surface area (Å²) in [7, 11) is 0. The number of aromatic nitrogens is 3. The molecular weight excluding hydrogens is 499 g/mol. The van der Waals surface area contributed by atoms with Crippen LogP contribution in [-0.4, -0.2) is 50.7 Å². The number of nitriles is 1. The second-order valence-electron chi connectivity index (χ2n) is 7.31. The lowest BCUT2D eigenvalue weighted by molar-refractivity contribution is 0.0959. The second-order valence-corrected chi connectivity index (χ2v) is 9.22. The van der Waals surface area contributed by atoms with Crippen LogP contribution in [0.3, 0.4) is 0 Å². The highest BCUT2D eigenvalue weighted by atomic mass is 35.5. The van der Waals surface area contributed by atoms with Gasteiger partial charge in [-0.05, 0) is 36.8 Å². The maximum Gasteiger partial charge on any atom is 0.274 e. The number of anilines is 1. The molecule has 3 aromatic rings. The number of aryl methyl sites for hydroxylation is 1. The Morgan fingerprint density at radius 2 is 2.09 bits per heavy atom. The van der Waals surface area contributed by atoms with Gasteiger partial charge in [-0.3, -0.25) is 9.59 Å². The molecule has 0 atom stereocenters. The first kappa shape index (κ1) is 23.9. The minimum Gasteiger partial charge on any atom is -0.472 e. The Labute approximate surface area is 209 Å². The molecule has 0 aliphatic carbocycles. The van der Waals surface area contributed by atoms with Crippen LogP contribution in [0.4, 0.5) is 5.69 Å². The average molecular weight is 517 g/mol. The molecule has 2 amide bonds. The van der Waals surface area contributed by atoms with Crippen LogP contribution in [0.5, 0.6) is 5.88 Å². The average Bonchev–Trinajstić information content (AvgIpc) is 3.20. The molecule has 1 aliphatic rings. The van der Waals surface area contributed by atoms with Crippen molar-refractivity contribution in [2.24, 2.45) is 0 Å². The maximum absolute atomic E-state index is 13.4. The van der Waals surface area contributed by atoms with Crippen molar-refractivity contribution in [2.75, 3.05) is 23.4 Å². The van der Waals surface area contributed by atoms with Crippen LogP contribution in [0.1, 0.15) is 26.4 Å². The number of halogens is 2. The van der Waals surface area contributed by atoms with Gasteiger partial charge in [-0.1, -0.05) is 23.2 Å². The van der Waals surface area contributed by atoms with E-state index >= 15 is 0 Å². The van der Waals surface area contributed by atoms with Gasteiger partial charge in [0, 0.05) is 28.8 Å². The SMILES string of the molecule is Cc1cc(Cl)cc(C(=O)NCC#N)c1NC(=O)c1cc(OC2CSC2)nn1-c1ncccc1Cl. The third kappa shape index (κ3) is 5.12. The molecule has 4 rings (SSSR count). The summed E-state index contributed by atoms with van der Waals surface area (Å²) in [5.41, 5.74) is 1.05. The molecule has 0 bridgehead atoms. The monoisotopic (exact) mass is 516 g/mol. The number of pyridine rings is 1. The first-order valence-electron chi connectivity index (χ1n) is 10.1. The van der Waals surface area contributed by atoms with Gasteiger partial charge >= 0.3 is 0 Å². The summed E-state index contributed by atoms with van der Waals surface area (Å²) in [4.78, 5) is 30.3. The molecule has 1 fully saturated rings. The Kier molecular flexibility index (Phi) is 7.26. The van der Waals surface area contributed by atoms with Crippen molar-refractivity contribution < 1.29 is 14.3 Å². The van der Waals surface area contributed by atoms with Gasteiger partial charge in [0.2, 0.25) is 5.88 Å². The number of benzene rings is 1. The van der Waals surface area contributed by atoms with Gasteiger partial charge in [0.25, 0.3) is 11.8 Å². The second kappa shape index (κ2) is 10.3. The van der Waals surface area contributed by atoms with Crippen LogP contribution in [0.2, 0.25) is 10.0 Å². The van der Waals surface area contributed by atoms with Crippen molar-refractivity contribution in [1.82, 2.24) is 20.1 Å². The molecule has 174 valence electrons. The van der Waals surface area contributed by atoms with Crippen LogP contribution in [0, 0.1) is 18.3 Å². The zero-order valence-corrected chi connectivity index (χ0v) is 20.2. The predicted molar refractivity (Wildman–Crippen MR) is 130 cm³/mol. The lowest BCUT2D eigenvalue weighted by Crippen LogP contribution is -2.31. The van der Waals surface area contributed by atoms with E-state index in [1.807, 2.05) is 6.07 Å². The van der Waals surface area contributed by atoms with Crippen LogP contribution in [0.25, 0.3) is 5.82 Å². The van der Waals surface area contributed by atoms with Gasteiger partial charge in [-0.15, -0.1) is 5.10 Å². The number of hydrogen-bond donors (Lipinski definition) is 2. The van der Waals surface area contributed by atoms with Gasteiger partial charge in [0.05, 0.1) is 22.3 Å². The van der Waals surface area contributed by atoms with Crippen LogP contribution < -0.4 is 15.4 Å². The van der Waals surface area contributed by atoms with Gasteiger partial charge in [0.1, 0.15) is 18.3 Å². The molecule has 1 saturated heterocycles. The number of nitrogens with zero attached hydrogens (tertiary/aromatic N) is 4. The van der Waals surface area contributed by atoms with E-state index in [0.29, 0.717) is 15.6 Å². The van der Waals surface area contributed by atoms with Crippen molar-refractivity contribution in [1.29, 1.82) is 5.26 Å². The van der Waals surface area contributed by atoms with Gasteiger partial charge < -0.3 is 15.4 Å². The summed E-state index contributed by atoms with van der Waals surface area (Å²) in [6.07, 6.45) is 1.55. The van der Waals surface area contributed by atoms with E-state index in [4.69, 9.17) is 33.2 Å². The normalized spacial score (nSPS) is 13.0. The minimum atomic E-state index is -0.563. The van der Waals surface area contributed by atoms with Gasteiger partial charge in [-0.2, -0.15) is 17.0 Å². The summed E-state index contributed by atoms with van der Waals surface area (Å²) < 4.78 is 7.17. The molecule has 9 nitrogen and oxygen atoms in total. The third-order valence-electron chi connectivity index (χ3n) is 4.87. The first-order chi connectivity index (χ1) is 16.4. The number of nitrogens with one attached hydrogen (secondary N) is 2. The first-order valence-corrected chi connectivity index (χ1v) is 12.0. The largest absolute Gasteiger partial charge is 0.472 e. The molecule has 0 spiro atoms. The summed E-state index contributed by atoms with van der Waals surface area (Å²) >= 11 is 14.2. The molecule has 34 heavy (non-hydrogen) atoms. The Morgan fingerprint density at radius 3 is 2.76 bits per heavy atom. The number of rotatable bonds is 7.